The normalized spacial score (nSPS) is 20.0. The molecule has 1 aromatic carbocycles. The minimum atomic E-state index is -4.08. The molecule has 0 aliphatic heterocycles. The smallest absolute Gasteiger partial charge is 0.333 e. The second-order valence-corrected chi connectivity index (χ2v) is 10.5. The third-order valence-electron chi connectivity index (χ3n) is 5.82. The summed E-state index contributed by atoms with van der Waals surface area (Å²) in [6.07, 6.45) is 3.48. The molecule has 1 fully saturated rings. The SMILES string of the molecule is COc1cccc(Cc2csc(C(=O)c3cncnc3N[C@@H]3C[C@H](COS(N)(=O)=O)[C@@H](O)C3)c2)c1. The number of anilines is 1. The van der Waals surface area contributed by atoms with E-state index in [1.54, 1.807) is 7.11 Å². The maximum Gasteiger partial charge on any atom is 0.333 e. The van der Waals surface area contributed by atoms with Gasteiger partial charge in [-0.1, -0.05) is 12.1 Å². The zero-order valence-electron chi connectivity index (χ0n) is 19.0. The minimum Gasteiger partial charge on any atom is -0.497 e. The predicted molar refractivity (Wildman–Crippen MR) is 131 cm³/mol. The number of ether oxygens (including phenoxy) is 1. The highest BCUT2D eigenvalue weighted by molar-refractivity contribution is 7.84. The van der Waals surface area contributed by atoms with Crippen molar-refractivity contribution in [2.45, 2.75) is 31.4 Å². The number of benzene rings is 1. The Hall–Kier alpha value is -2.90. The highest BCUT2D eigenvalue weighted by atomic mass is 32.2. The van der Waals surface area contributed by atoms with Gasteiger partial charge in [0.2, 0.25) is 5.78 Å². The molecule has 0 radical (unpaired) electrons. The number of carbonyl (C=O) groups excluding carboxylic acids is 1. The van der Waals surface area contributed by atoms with E-state index in [1.807, 2.05) is 35.7 Å². The first-order valence-corrected chi connectivity index (χ1v) is 13.2. The van der Waals surface area contributed by atoms with Crippen molar-refractivity contribution in [3.63, 3.8) is 0 Å². The van der Waals surface area contributed by atoms with Crippen molar-refractivity contribution in [1.29, 1.82) is 0 Å². The molecule has 186 valence electrons. The fourth-order valence-electron chi connectivity index (χ4n) is 4.12. The lowest BCUT2D eigenvalue weighted by molar-refractivity contribution is 0.101. The van der Waals surface area contributed by atoms with Crippen LogP contribution in [0.1, 0.15) is 39.2 Å². The number of aromatic nitrogens is 2. The average molecular weight is 519 g/mol. The van der Waals surface area contributed by atoms with Gasteiger partial charge in [-0.3, -0.25) is 8.98 Å². The van der Waals surface area contributed by atoms with Crippen LogP contribution in [0.25, 0.3) is 0 Å². The van der Waals surface area contributed by atoms with Crippen molar-refractivity contribution in [3.8, 4) is 5.75 Å². The molecule has 0 amide bonds. The number of nitrogens with one attached hydrogen (secondary N) is 1. The van der Waals surface area contributed by atoms with E-state index in [2.05, 4.69) is 19.5 Å². The maximum absolute atomic E-state index is 13.3. The van der Waals surface area contributed by atoms with Gasteiger partial charge in [0.25, 0.3) is 0 Å². The number of thiophene rings is 1. The Bertz CT molecular complexity index is 1300. The lowest BCUT2D eigenvalue weighted by atomic mass is 10.1. The number of carbonyl (C=O) groups is 1. The van der Waals surface area contributed by atoms with Gasteiger partial charge in [0, 0.05) is 18.2 Å². The molecule has 1 saturated carbocycles. The molecule has 0 spiro atoms. The number of nitrogens with two attached hydrogens (primary N) is 1. The quantitative estimate of drug-likeness (QED) is 0.343. The molecule has 2 aromatic heterocycles. The van der Waals surface area contributed by atoms with Gasteiger partial charge in [-0.25, -0.2) is 15.1 Å². The third kappa shape index (κ3) is 6.61. The Morgan fingerprint density at radius 3 is 2.89 bits per heavy atom. The molecule has 3 atom stereocenters. The largest absolute Gasteiger partial charge is 0.497 e. The summed E-state index contributed by atoms with van der Waals surface area (Å²) in [5, 5.41) is 20.3. The fourth-order valence-corrected chi connectivity index (χ4v) is 5.35. The van der Waals surface area contributed by atoms with E-state index in [9.17, 15) is 18.3 Å². The minimum absolute atomic E-state index is 0.206. The van der Waals surface area contributed by atoms with Crippen molar-refractivity contribution in [1.82, 2.24) is 9.97 Å². The van der Waals surface area contributed by atoms with Crippen LogP contribution >= 0.6 is 11.3 Å². The van der Waals surface area contributed by atoms with Crippen LogP contribution in [0.3, 0.4) is 0 Å². The summed E-state index contributed by atoms with van der Waals surface area (Å²) in [7, 11) is -2.46. The maximum atomic E-state index is 13.3. The molecule has 1 aliphatic carbocycles. The van der Waals surface area contributed by atoms with E-state index in [0.717, 1.165) is 16.9 Å². The molecular formula is C23H26N4O6S2. The number of methoxy groups -OCH3 is 1. The summed E-state index contributed by atoms with van der Waals surface area (Å²) in [6, 6.07) is 9.41. The molecule has 1 aliphatic rings. The summed E-state index contributed by atoms with van der Waals surface area (Å²) < 4.78 is 32.0. The van der Waals surface area contributed by atoms with Crippen molar-refractivity contribution >= 4 is 33.2 Å². The first-order chi connectivity index (χ1) is 16.7. The van der Waals surface area contributed by atoms with Crippen molar-refractivity contribution in [3.05, 3.63) is 69.8 Å². The van der Waals surface area contributed by atoms with Gasteiger partial charge in [-0.15, -0.1) is 11.3 Å². The third-order valence-corrected chi connectivity index (χ3v) is 7.26. The number of hydrogen-bond donors (Lipinski definition) is 3. The van der Waals surface area contributed by atoms with Gasteiger partial charge in [0.05, 0.1) is 30.3 Å². The number of ketones is 1. The highest BCUT2D eigenvalue weighted by Gasteiger charge is 2.34. The monoisotopic (exact) mass is 518 g/mol. The summed E-state index contributed by atoms with van der Waals surface area (Å²) in [6.45, 7) is -0.209. The van der Waals surface area contributed by atoms with Crippen LogP contribution in [0.4, 0.5) is 5.82 Å². The van der Waals surface area contributed by atoms with Gasteiger partial charge in [-0.2, -0.15) is 8.42 Å². The predicted octanol–water partition coefficient (Wildman–Crippen LogP) is 2.14. The fraction of sp³-hybridized carbons (Fsp3) is 0.348. The number of aliphatic hydroxyl groups excluding tert-OH is 1. The first kappa shape index (κ1) is 25.2. The zero-order valence-corrected chi connectivity index (χ0v) is 20.6. The van der Waals surface area contributed by atoms with Crippen LogP contribution in [-0.4, -0.2) is 55.1 Å². The number of hydrogen-bond acceptors (Lipinski definition) is 10. The lowest BCUT2D eigenvalue weighted by Crippen LogP contribution is -2.24. The van der Waals surface area contributed by atoms with Gasteiger partial charge in [0.1, 0.15) is 17.9 Å². The van der Waals surface area contributed by atoms with Gasteiger partial charge < -0.3 is 15.2 Å². The number of aliphatic hydroxyl groups is 1. The molecule has 4 N–H and O–H groups in total. The molecule has 35 heavy (non-hydrogen) atoms. The molecule has 2 heterocycles. The number of nitrogens with zero attached hydrogens (tertiary/aromatic N) is 2. The van der Waals surface area contributed by atoms with Crippen LogP contribution in [0.2, 0.25) is 0 Å². The molecule has 3 aromatic rings. The lowest BCUT2D eigenvalue weighted by Gasteiger charge is -2.15. The Morgan fingerprint density at radius 2 is 2.11 bits per heavy atom. The van der Waals surface area contributed by atoms with Gasteiger partial charge in [-0.05, 0) is 54.0 Å². The number of rotatable bonds is 10. The van der Waals surface area contributed by atoms with Crippen LogP contribution in [0.5, 0.6) is 5.75 Å². The van der Waals surface area contributed by atoms with E-state index < -0.39 is 22.3 Å². The summed E-state index contributed by atoms with van der Waals surface area (Å²) >= 11 is 1.35. The van der Waals surface area contributed by atoms with Gasteiger partial charge >= 0.3 is 10.3 Å². The standard InChI is InChI=1S/C23H26N4O6S2/c1-32-18-4-2-3-14(6-18)5-15-7-21(34-12-15)22(29)19-10-25-13-26-23(19)27-17-8-16(20(28)9-17)11-33-35(24,30)31/h2-4,6-7,10,12-13,16-17,20,28H,5,8-9,11H2,1H3,(H2,24,30,31)(H,25,26,27)/t16-,17-,20+/m1/s1. The topological polar surface area (TPSA) is 154 Å². The molecule has 0 saturated heterocycles. The van der Waals surface area contributed by atoms with E-state index >= 15 is 0 Å². The Kier molecular flexibility index (Phi) is 7.77. The van der Waals surface area contributed by atoms with Crippen molar-refractivity contribution in [2.75, 3.05) is 19.0 Å². The Balaban J connectivity index is 1.44. The molecule has 0 unspecified atom stereocenters. The second-order valence-electron chi connectivity index (χ2n) is 8.38. The molecule has 4 rings (SSSR count). The Morgan fingerprint density at radius 1 is 1.29 bits per heavy atom. The second kappa shape index (κ2) is 10.8. The summed E-state index contributed by atoms with van der Waals surface area (Å²) in [5.74, 6) is 0.519. The van der Waals surface area contributed by atoms with Gasteiger partial charge in [0.15, 0.2) is 0 Å². The average Bonchev–Trinajstić information content (AvgIpc) is 3.43. The van der Waals surface area contributed by atoms with Crippen LogP contribution in [0, 0.1) is 5.92 Å². The highest BCUT2D eigenvalue weighted by Crippen LogP contribution is 2.30. The van der Waals surface area contributed by atoms with E-state index in [1.165, 1.54) is 23.9 Å². The van der Waals surface area contributed by atoms with Crippen LogP contribution in [0.15, 0.2) is 48.2 Å². The van der Waals surface area contributed by atoms with Crippen LogP contribution < -0.4 is 15.2 Å². The molecule has 0 bridgehead atoms. The van der Waals surface area contributed by atoms with E-state index in [4.69, 9.17) is 9.88 Å². The van der Waals surface area contributed by atoms with Crippen molar-refractivity contribution < 1.29 is 27.2 Å². The van der Waals surface area contributed by atoms with E-state index in [-0.39, 0.29) is 18.4 Å². The molecular weight excluding hydrogens is 492 g/mol. The first-order valence-electron chi connectivity index (χ1n) is 10.9. The van der Waals surface area contributed by atoms with E-state index in [0.29, 0.717) is 35.5 Å². The molecule has 12 heteroatoms. The molecule has 10 nitrogen and oxygen atoms in total. The summed E-state index contributed by atoms with van der Waals surface area (Å²) in [4.78, 5) is 22.1. The summed E-state index contributed by atoms with van der Waals surface area (Å²) in [5.41, 5.74) is 2.41. The zero-order chi connectivity index (χ0) is 25.0. The van der Waals surface area contributed by atoms with Crippen LogP contribution in [-0.2, 0) is 20.9 Å². The van der Waals surface area contributed by atoms with Crippen molar-refractivity contribution in [2.24, 2.45) is 11.1 Å². The Labute approximate surface area is 207 Å².